The third-order valence-corrected chi connectivity index (χ3v) is 4.82. The first-order chi connectivity index (χ1) is 8.91. The van der Waals surface area contributed by atoms with Crippen molar-refractivity contribution in [1.29, 1.82) is 0 Å². The minimum absolute atomic E-state index is 0.0330. The molecule has 0 N–H and O–H groups in total. The summed E-state index contributed by atoms with van der Waals surface area (Å²) >= 11 is 12.4. The number of hydrogen-bond donors (Lipinski definition) is 0. The van der Waals surface area contributed by atoms with Crippen LogP contribution in [0.5, 0.6) is 0 Å². The Hall–Kier alpha value is -0.710. The van der Waals surface area contributed by atoms with Crippen LogP contribution in [-0.2, 0) is 0 Å². The lowest BCUT2D eigenvalue weighted by Gasteiger charge is -2.08. The Balaban J connectivity index is 2.56. The van der Waals surface area contributed by atoms with Crippen molar-refractivity contribution in [2.75, 3.05) is 0 Å². The van der Waals surface area contributed by atoms with E-state index in [9.17, 15) is 9.18 Å². The Morgan fingerprint density at radius 3 is 2.53 bits per heavy atom. The van der Waals surface area contributed by atoms with Crippen LogP contribution in [0, 0.1) is 12.7 Å². The molecule has 0 unspecified atom stereocenters. The van der Waals surface area contributed by atoms with E-state index in [1.54, 1.807) is 19.1 Å². The third kappa shape index (κ3) is 2.91. The summed E-state index contributed by atoms with van der Waals surface area (Å²) < 4.78 is 15.1. The largest absolute Gasteiger partial charge is 0.288 e. The van der Waals surface area contributed by atoms with Gasteiger partial charge in [-0.05, 0) is 46.6 Å². The number of halogens is 4. The van der Waals surface area contributed by atoms with E-state index in [1.165, 1.54) is 12.1 Å². The Bertz CT molecular complexity index is 671. The monoisotopic (exact) mass is 404 g/mol. The minimum atomic E-state index is -0.597. The maximum atomic E-state index is 13.9. The van der Waals surface area contributed by atoms with Crippen molar-refractivity contribution >= 4 is 49.2 Å². The zero-order valence-corrected chi connectivity index (χ0v) is 13.7. The van der Waals surface area contributed by atoms with Gasteiger partial charge in [0.15, 0.2) is 5.78 Å². The molecular formula is C14H8Br2ClFO. The van der Waals surface area contributed by atoms with Crippen molar-refractivity contribution in [3.8, 4) is 0 Å². The predicted octanol–water partition coefficient (Wildman–Crippen LogP) is 5.54. The average Bonchev–Trinajstić information content (AvgIpc) is 2.36. The van der Waals surface area contributed by atoms with Gasteiger partial charge in [-0.15, -0.1) is 0 Å². The van der Waals surface area contributed by atoms with E-state index in [-0.39, 0.29) is 11.3 Å². The molecule has 98 valence electrons. The van der Waals surface area contributed by atoms with Gasteiger partial charge in [-0.25, -0.2) is 4.39 Å². The number of ketones is 1. The quantitative estimate of drug-likeness (QED) is 0.473. The van der Waals surface area contributed by atoms with Gasteiger partial charge < -0.3 is 0 Å². The van der Waals surface area contributed by atoms with Crippen LogP contribution in [0.3, 0.4) is 0 Å². The lowest BCUT2D eigenvalue weighted by molar-refractivity contribution is 0.103. The van der Waals surface area contributed by atoms with Crippen molar-refractivity contribution < 1.29 is 9.18 Å². The second kappa shape index (κ2) is 5.73. The molecule has 1 nitrogen and oxygen atoms in total. The fourth-order valence-electron chi connectivity index (χ4n) is 1.70. The van der Waals surface area contributed by atoms with E-state index in [4.69, 9.17) is 11.6 Å². The topological polar surface area (TPSA) is 17.1 Å². The molecule has 0 atom stereocenters. The lowest BCUT2D eigenvalue weighted by atomic mass is 9.99. The van der Waals surface area contributed by atoms with Crippen LogP contribution in [0.1, 0.15) is 21.5 Å². The van der Waals surface area contributed by atoms with E-state index in [0.717, 1.165) is 10.0 Å². The fraction of sp³-hybridized carbons (Fsp3) is 0.0714. The smallest absolute Gasteiger partial charge is 0.196 e. The second-order valence-corrected chi connectivity index (χ2v) is 6.10. The molecule has 5 heteroatoms. The molecule has 0 aliphatic carbocycles. The van der Waals surface area contributed by atoms with Gasteiger partial charge >= 0.3 is 0 Å². The maximum absolute atomic E-state index is 13.9. The van der Waals surface area contributed by atoms with E-state index in [0.29, 0.717) is 15.1 Å². The second-order valence-electron chi connectivity index (χ2n) is 3.99. The fourth-order valence-corrected chi connectivity index (χ4v) is 2.54. The minimum Gasteiger partial charge on any atom is -0.288 e. The van der Waals surface area contributed by atoms with Gasteiger partial charge in [0.05, 0.1) is 10.6 Å². The highest BCUT2D eigenvalue weighted by atomic mass is 79.9. The van der Waals surface area contributed by atoms with E-state index in [2.05, 4.69) is 31.9 Å². The molecule has 2 rings (SSSR count). The normalized spacial score (nSPS) is 10.6. The number of carbonyl (C=O) groups is 1. The molecule has 0 spiro atoms. The first-order valence-electron chi connectivity index (χ1n) is 5.36. The number of rotatable bonds is 2. The standard InChI is InChI=1S/C14H8Br2ClFO/c1-7-8(3-2-4-10(7)15)14(19)9-5-12(17)11(16)6-13(9)18/h2-6H,1H3. The van der Waals surface area contributed by atoms with Crippen LogP contribution in [0.15, 0.2) is 39.3 Å². The molecule has 0 bridgehead atoms. The van der Waals surface area contributed by atoms with Gasteiger partial charge in [-0.2, -0.15) is 0 Å². The van der Waals surface area contributed by atoms with E-state index in [1.807, 2.05) is 6.07 Å². The predicted molar refractivity (Wildman–Crippen MR) is 81.4 cm³/mol. The number of benzene rings is 2. The van der Waals surface area contributed by atoms with Crippen LogP contribution in [0.4, 0.5) is 4.39 Å². The summed E-state index contributed by atoms with van der Waals surface area (Å²) in [5, 5.41) is 0.303. The molecule has 0 amide bonds. The third-order valence-electron chi connectivity index (χ3n) is 2.77. The first-order valence-corrected chi connectivity index (χ1v) is 7.32. The molecular weight excluding hydrogens is 398 g/mol. The van der Waals surface area contributed by atoms with Crippen LogP contribution in [0.25, 0.3) is 0 Å². The molecule has 0 aliphatic rings. The van der Waals surface area contributed by atoms with Gasteiger partial charge in [-0.1, -0.05) is 39.7 Å². The van der Waals surface area contributed by atoms with Crippen LogP contribution in [-0.4, -0.2) is 5.78 Å². The van der Waals surface area contributed by atoms with Gasteiger partial charge in [0.1, 0.15) is 5.82 Å². The highest BCUT2D eigenvalue weighted by Crippen LogP contribution is 2.28. The summed E-state index contributed by atoms with van der Waals surface area (Å²) in [6.07, 6.45) is 0. The van der Waals surface area contributed by atoms with Gasteiger partial charge in [-0.3, -0.25) is 4.79 Å². The van der Waals surface area contributed by atoms with E-state index >= 15 is 0 Å². The Morgan fingerprint density at radius 1 is 1.16 bits per heavy atom. The van der Waals surface area contributed by atoms with Gasteiger partial charge in [0.25, 0.3) is 0 Å². The van der Waals surface area contributed by atoms with Crippen molar-refractivity contribution in [3.63, 3.8) is 0 Å². The highest BCUT2D eigenvalue weighted by Gasteiger charge is 2.18. The maximum Gasteiger partial charge on any atom is 0.196 e. The Morgan fingerprint density at radius 2 is 1.84 bits per heavy atom. The summed E-state index contributed by atoms with van der Waals surface area (Å²) in [6, 6.07) is 7.77. The molecule has 0 aliphatic heterocycles. The average molecular weight is 406 g/mol. The summed E-state index contributed by atoms with van der Waals surface area (Å²) in [6.45, 7) is 1.80. The van der Waals surface area contributed by atoms with Crippen LogP contribution < -0.4 is 0 Å². The van der Waals surface area contributed by atoms with Crippen molar-refractivity contribution in [3.05, 3.63) is 66.8 Å². The zero-order valence-electron chi connectivity index (χ0n) is 9.81. The Kier molecular flexibility index (Phi) is 4.43. The van der Waals surface area contributed by atoms with Crippen molar-refractivity contribution in [2.24, 2.45) is 0 Å². The lowest BCUT2D eigenvalue weighted by Crippen LogP contribution is -2.06. The van der Waals surface area contributed by atoms with E-state index < -0.39 is 5.82 Å². The molecule has 19 heavy (non-hydrogen) atoms. The molecule has 2 aromatic rings. The molecule has 0 fully saturated rings. The summed E-state index contributed by atoms with van der Waals surface area (Å²) in [4.78, 5) is 12.4. The SMILES string of the molecule is Cc1c(Br)cccc1C(=O)c1cc(Cl)c(Br)cc1F. The van der Waals surface area contributed by atoms with Crippen molar-refractivity contribution in [1.82, 2.24) is 0 Å². The molecule has 0 saturated carbocycles. The van der Waals surface area contributed by atoms with Crippen LogP contribution in [0.2, 0.25) is 5.02 Å². The van der Waals surface area contributed by atoms with Gasteiger partial charge in [0, 0.05) is 14.5 Å². The first kappa shape index (κ1) is 14.7. The summed E-state index contributed by atoms with van der Waals surface area (Å²) in [7, 11) is 0. The highest BCUT2D eigenvalue weighted by molar-refractivity contribution is 9.10. The molecule has 0 radical (unpaired) electrons. The molecule has 0 heterocycles. The molecule has 2 aromatic carbocycles. The zero-order chi connectivity index (χ0) is 14.2. The summed E-state index contributed by atoms with van der Waals surface area (Å²) in [5.74, 6) is -0.980. The number of hydrogen-bond acceptors (Lipinski definition) is 1. The van der Waals surface area contributed by atoms with Gasteiger partial charge in [0.2, 0.25) is 0 Å². The molecule has 0 aromatic heterocycles. The summed E-state index contributed by atoms with van der Waals surface area (Å²) in [5.41, 5.74) is 1.19. The van der Waals surface area contributed by atoms with Crippen molar-refractivity contribution in [2.45, 2.75) is 6.92 Å². The van der Waals surface area contributed by atoms with Crippen LogP contribution >= 0.6 is 43.5 Å². The molecule has 0 saturated heterocycles. The number of carbonyl (C=O) groups excluding carboxylic acids is 1. The Labute approximate surface area is 132 Å².